The smallest absolute Gasteiger partial charge is 0.269 e. The average molecular weight is 262 g/mol. The molecule has 0 amide bonds. The van der Waals surface area contributed by atoms with Crippen molar-refractivity contribution in [2.75, 3.05) is 6.54 Å². The maximum atomic E-state index is 10.5. The fourth-order valence-electron chi connectivity index (χ4n) is 1.63. The molecule has 1 heterocycles. The summed E-state index contributed by atoms with van der Waals surface area (Å²) in [5.74, 6) is 0. The van der Waals surface area contributed by atoms with Gasteiger partial charge in [-0.25, -0.2) is 4.63 Å². The van der Waals surface area contributed by atoms with Crippen LogP contribution in [0.5, 0.6) is 0 Å². The Balaban J connectivity index is 1.76. The van der Waals surface area contributed by atoms with Crippen molar-refractivity contribution in [3.8, 4) is 0 Å². The number of hydrogen-bond donors (Lipinski definition) is 1. The number of nitro groups is 1. The molecule has 0 aliphatic heterocycles. The number of nitrogens with zero attached hydrogens (tertiary/aromatic N) is 3. The van der Waals surface area contributed by atoms with Gasteiger partial charge in [-0.1, -0.05) is 22.4 Å². The molecule has 0 atom stereocenters. The van der Waals surface area contributed by atoms with Gasteiger partial charge in [0.05, 0.1) is 4.92 Å². The summed E-state index contributed by atoms with van der Waals surface area (Å²) in [6.07, 6.45) is 0.794. The highest BCUT2D eigenvalue weighted by Crippen LogP contribution is 2.12. The van der Waals surface area contributed by atoms with Crippen molar-refractivity contribution in [3.05, 3.63) is 51.3 Å². The molecule has 100 valence electrons. The van der Waals surface area contributed by atoms with E-state index in [0.29, 0.717) is 6.54 Å². The molecule has 1 aromatic carbocycles. The summed E-state index contributed by atoms with van der Waals surface area (Å²) in [4.78, 5) is 10.1. The molecular formula is C12H14N4O3. The number of nitro benzene ring substituents is 1. The van der Waals surface area contributed by atoms with Crippen molar-refractivity contribution in [3.63, 3.8) is 0 Å². The fraction of sp³-hybridized carbons (Fsp3) is 0.333. The number of rotatable bonds is 6. The van der Waals surface area contributed by atoms with Crippen molar-refractivity contribution in [2.24, 2.45) is 0 Å². The minimum absolute atomic E-state index is 0.112. The minimum Gasteiger partial charge on any atom is -0.311 e. The predicted molar refractivity (Wildman–Crippen MR) is 67.5 cm³/mol. The lowest BCUT2D eigenvalue weighted by Gasteiger charge is -2.03. The van der Waals surface area contributed by atoms with Crippen molar-refractivity contribution in [1.82, 2.24) is 15.6 Å². The van der Waals surface area contributed by atoms with Crippen LogP contribution in [0.4, 0.5) is 5.69 Å². The topological polar surface area (TPSA) is 94.1 Å². The van der Waals surface area contributed by atoms with Crippen LogP contribution in [-0.4, -0.2) is 21.8 Å². The lowest BCUT2D eigenvalue weighted by atomic mass is 10.1. The zero-order valence-electron chi connectivity index (χ0n) is 10.5. The molecule has 7 heteroatoms. The predicted octanol–water partition coefficient (Wildman–Crippen LogP) is 1.62. The van der Waals surface area contributed by atoms with Gasteiger partial charge in [0.25, 0.3) is 5.69 Å². The number of nitrogens with one attached hydrogen (secondary N) is 1. The van der Waals surface area contributed by atoms with Crippen LogP contribution >= 0.6 is 0 Å². The van der Waals surface area contributed by atoms with Crippen LogP contribution in [0.3, 0.4) is 0 Å². The molecule has 19 heavy (non-hydrogen) atoms. The van der Waals surface area contributed by atoms with Crippen molar-refractivity contribution >= 4 is 5.69 Å². The molecule has 0 aliphatic rings. The van der Waals surface area contributed by atoms with E-state index in [1.807, 2.05) is 6.92 Å². The van der Waals surface area contributed by atoms with E-state index in [4.69, 9.17) is 0 Å². The Hall–Kier alpha value is -2.28. The van der Waals surface area contributed by atoms with Crippen molar-refractivity contribution in [1.29, 1.82) is 0 Å². The largest absolute Gasteiger partial charge is 0.311 e. The molecule has 2 rings (SSSR count). The lowest BCUT2D eigenvalue weighted by molar-refractivity contribution is -0.384. The summed E-state index contributed by atoms with van der Waals surface area (Å²) < 4.78 is 4.59. The minimum atomic E-state index is -0.400. The zero-order valence-corrected chi connectivity index (χ0v) is 10.5. The summed E-state index contributed by atoms with van der Waals surface area (Å²) in [5, 5.41) is 21.2. The fourth-order valence-corrected chi connectivity index (χ4v) is 1.63. The number of aromatic nitrogens is 2. The Morgan fingerprint density at radius 3 is 2.63 bits per heavy atom. The number of aryl methyl sites for hydroxylation is 1. The number of benzene rings is 1. The molecule has 0 bridgehead atoms. The second kappa shape index (κ2) is 6.05. The van der Waals surface area contributed by atoms with Crippen LogP contribution in [0.2, 0.25) is 0 Å². The first-order valence-corrected chi connectivity index (χ1v) is 5.89. The van der Waals surface area contributed by atoms with Gasteiger partial charge >= 0.3 is 0 Å². The molecular weight excluding hydrogens is 248 g/mol. The van der Waals surface area contributed by atoms with Crippen LogP contribution < -0.4 is 5.32 Å². The van der Waals surface area contributed by atoms with E-state index < -0.39 is 4.92 Å². The third-order valence-corrected chi connectivity index (χ3v) is 2.78. The molecule has 7 nitrogen and oxygen atoms in total. The van der Waals surface area contributed by atoms with E-state index in [0.717, 1.165) is 29.9 Å². The molecule has 2 aromatic rings. The van der Waals surface area contributed by atoms with Gasteiger partial charge < -0.3 is 5.32 Å². The monoisotopic (exact) mass is 262 g/mol. The maximum Gasteiger partial charge on any atom is 0.269 e. The first-order chi connectivity index (χ1) is 9.16. The van der Waals surface area contributed by atoms with Crippen LogP contribution in [0.15, 0.2) is 28.9 Å². The maximum absolute atomic E-state index is 10.5. The molecule has 1 aromatic heterocycles. The second-order valence-electron chi connectivity index (χ2n) is 4.15. The summed E-state index contributed by atoms with van der Waals surface area (Å²) in [7, 11) is 0. The van der Waals surface area contributed by atoms with Gasteiger partial charge in [-0.2, -0.15) is 0 Å². The summed E-state index contributed by atoms with van der Waals surface area (Å²) in [6.45, 7) is 3.19. The van der Waals surface area contributed by atoms with Gasteiger partial charge in [-0.3, -0.25) is 10.1 Å². The van der Waals surface area contributed by atoms with Crippen LogP contribution in [0.25, 0.3) is 0 Å². The number of hydrogen-bond acceptors (Lipinski definition) is 6. The highest BCUT2D eigenvalue weighted by atomic mass is 16.6. The van der Waals surface area contributed by atoms with Crippen molar-refractivity contribution in [2.45, 2.75) is 19.9 Å². The standard InChI is InChI=1S/C12H14N4O3/c1-9-12(15-19-14-9)8-13-7-6-10-2-4-11(5-3-10)16(17)18/h2-5,13H,6-8H2,1H3. The lowest BCUT2D eigenvalue weighted by Crippen LogP contribution is -2.17. The molecule has 0 radical (unpaired) electrons. The molecule has 0 aliphatic carbocycles. The van der Waals surface area contributed by atoms with Gasteiger partial charge in [0, 0.05) is 18.7 Å². The summed E-state index contributed by atoms with van der Waals surface area (Å²) in [6, 6.07) is 6.56. The highest BCUT2D eigenvalue weighted by molar-refractivity contribution is 5.32. The van der Waals surface area contributed by atoms with Crippen LogP contribution in [0, 0.1) is 17.0 Å². The van der Waals surface area contributed by atoms with E-state index in [-0.39, 0.29) is 5.69 Å². The van der Waals surface area contributed by atoms with Gasteiger partial charge in [-0.05, 0) is 25.5 Å². The first-order valence-electron chi connectivity index (χ1n) is 5.89. The van der Waals surface area contributed by atoms with E-state index in [9.17, 15) is 10.1 Å². The summed E-state index contributed by atoms with van der Waals surface area (Å²) >= 11 is 0. The Bertz CT molecular complexity index is 550. The van der Waals surface area contributed by atoms with E-state index in [1.54, 1.807) is 12.1 Å². The van der Waals surface area contributed by atoms with E-state index >= 15 is 0 Å². The summed E-state index contributed by atoms with van der Waals surface area (Å²) in [5.41, 5.74) is 2.74. The number of non-ortho nitro benzene ring substituents is 1. The zero-order chi connectivity index (χ0) is 13.7. The van der Waals surface area contributed by atoms with Gasteiger partial charge in [0.1, 0.15) is 11.4 Å². The van der Waals surface area contributed by atoms with Gasteiger partial charge in [-0.15, -0.1) is 0 Å². The van der Waals surface area contributed by atoms with Crippen molar-refractivity contribution < 1.29 is 9.55 Å². The Kier molecular flexibility index (Phi) is 4.19. The van der Waals surface area contributed by atoms with Gasteiger partial charge in [0.2, 0.25) is 0 Å². The first kappa shape index (κ1) is 13.2. The van der Waals surface area contributed by atoms with E-state index in [2.05, 4.69) is 20.3 Å². The second-order valence-corrected chi connectivity index (χ2v) is 4.15. The van der Waals surface area contributed by atoms with E-state index in [1.165, 1.54) is 12.1 Å². The van der Waals surface area contributed by atoms with Crippen LogP contribution in [0.1, 0.15) is 17.0 Å². The molecule has 1 N–H and O–H groups in total. The van der Waals surface area contributed by atoms with Gasteiger partial charge in [0.15, 0.2) is 0 Å². The average Bonchev–Trinajstić information content (AvgIpc) is 2.81. The SMILES string of the molecule is Cc1nonc1CNCCc1ccc([N+](=O)[O-])cc1. The molecule has 0 unspecified atom stereocenters. The van der Waals surface area contributed by atoms with Crippen LogP contribution in [-0.2, 0) is 13.0 Å². The normalized spacial score (nSPS) is 10.6. The highest BCUT2D eigenvalue weighted by Gasteiger charge is 2.05. The Labute approximate surface area is 109 Å². The third-order valence-electron chi connectivity index (χ3n) is 2.78. The molecule has 0 saturated heterocycles. The molecule has 0 spiro atoms. The Morgan fingerprint density at radius 2 is 2.05 bits per heavy atom. The third kappa shape index (κ3) is 3.59. The Morgan fingerprint density at radius 1 is 1.32 bits per heavy atom. The molecule has 0 saturated carbocycles. The quantitative estimate of drug-likeness (QED) is 0.483. The molecule has 0 fully saturated rings.